The number of para-hydroxylation sites is 1. The summed E-state index contributed by atoms with van der Waals surface area (Å²) in [6.45, 7) is 0.787. The van der Waals surface area contributed by atoms with Crippen molar-refractivity contribution < 1.29 is 4.79 Å². The Hall–Kier alpha value is -2.87. The second-order valence-electron chi connectivity index (χ2n) is 6.12. The SMILES string of the molecule is O=C(/C=C/c1cccc2ccccc12)N1CCCc2ccccc21. The monoisotopic (exact) mass is 313 g/mol. The standard InChI is InChI=1S/C22H19NO/c24-22(23-16-6-11-19-8-2-4-13-21(19)23)15-14-18-10-5-9-17-7-1-3-12-20(17)18/h1-5,7-10,12-15H,6,11,16H2/b15-14+. The van der Waals surface area contributed by atoms with Crippen LogP contribution in [0.5, 0.6) is 0 Å². The fourth-order valence-electron chi connectivity index (χ4n) is 3.41. The maximum absolute atomic E-state index is 12.7. The third-order valence-electron chi connectivity index (χ3n) is 4.61. The predicted molar refractivity (Wildman–Crippen MR) is 100 cm³/mol. The van der Waals surface area contributed by atoms with Crippen molar-refractivity contribution in [3.63, 3.8) is 0 Å². The van der Waals surface area contributed by atoms with Gasteiger partial charge in [-0.3, -0.25) is 4.79 Å². The van der Waals surface area contributed by atoms with E-state index in [1.165, 1.54) is 16.3 Å². The van der Waals surface area contributed by atoms with Gasteiger partial charge in [-0.05, 0) is 46.9 Å². The van der Waals surface area contributed by atoms with Gasteiger partial charge in [0.25, 0.3) is 5.91 Å². The summed E-state index contributed by atoms with van der Waals surface area (Å²) in [5.74, 6) is 0.0510. The van der Waals surface area contributed by atoms with Gasteiger partial charge in [-0.2, -0.15) is 0 Å². The number of carbonyl (C=O) groups is 1. The van der Waals surface area contributed by atoms with E-state index in [0.29, 0.717) is 0 Å². The van der Waals surface area contributed by atoms with Gasteiger partial charge in [0.1, 0.15) is 0 Å². The minimum atomic E-state index is 0.0510. The van der Waals surface area contributed by atoms with E-state index in [1.54, 1.807) is 6.08 Å². The number of carbonyl (C=O) groups excluding carboxylic acids is 1. The molecule has 2 nitrogen and oxygen atoms in total. The van der Waals surface area contributed by atoms with Gasteiger partial charge in [-0.1, -0.05) is 60.7 Å². The van der Waals surface area contributed by atoms with Crippen LogP contribution in [-0.2, 0) is 11.2 Å². The molecule has 1 heterocycles. The van der Waals surface area contributed by atoms with E-state index in [9.17, 15) is 4.79 Å². The van der Waals surface area contributed by atoms with Crippen molar-refractivity contribution >= 4 is 28.4 Å². The lowest BCUT2D eigenvalue weighted by Gasteiger charge is -2.28. The molecule has 3 aromatic rings. The molecule has 0 spiro atoms. The third kappa shape index (κ3) is 2.71. The summed E-state index contributed by atoms with van der Waals surface area (Å²) in [5.41, 5.74) is 3.39. The molecular formula is C22H19NO. The Balaban J connectivity index is 1.64. The molecule has 118 valence electrons. The molecule has 3 aromatic carbocycles. The van der Waals surface area contributed by atoms with Crippen LogP contribution in [0.3, 0.4) is 0 Å². The van der Waals surface area contributed by atoms with Gasteiger partial charge in [0, 0.05) is 18.3 Å². The van der Waals surface area contributed by atoms with E-state index in [2.05, 4.69) is 30.3 Å². The van der Waals surface area contributed by atoms with Crippen LogP contribution in [-0.4, -0.2) is 12.5 Å². The zero-order valence-corrected chi connectivity index (χ0v) is 13.5. The van der Waals surface area contributed by atoms with Crippen molar-refractivity contribution in [2.75, 3.05) is 11.4 Å². The molecule has 0 saturated heterocycles. The van der Waals surface area contributed by atoms with Gasteiger partial charge in [-0.25, -0.2) is 0 Å². The van der Waals surface area contributed by atoms with Crippen molar-refractivity contribution in [2.45, 2.75) is 12.8 Å². The van der Waals surface area contributed by atoms with Crippen LogP contribution in [0.25, 0.3) is 16.8 Å². The number of aryl methyl sites for hydroxylation is 1. The van der Waals surface area contributed by atoms with Crippen molar-refractivity contribution in [1.29, 1.82) is 0 Å². The summed E-state index contributed by atoms with van der Waals surface area (Å²) in [6, 6.07) is 22.6. The number of benzene rings is 3. The van der Waals surface area contributed by atoms with Crippen molar-refractivity contribution in [3.05, 3.63) is 83.9 Å². The van der Waals surface area contributed by atoms with Crippen LogP contribution < -0.4 is 4.90 Å². The molecule has 0 saturated carbocycles. The van der Waals surface area contributed by atoms with Gasteiger partial charge < -0.3 is 4.90 Å². The van der Waals surface area contributed by atoms with Crippen LogP contribution in [0.15, 0.2) is 72.8 Å². The summed E-state index contributed by atoms with van der Waals surface area (Å²) in [6.07, 6.45) is 5.70. The zero-order valence-electron chi connectivity index (χ0n) is 13.5. The Bertz CT molecular complexity index is 921. The lowest BCUT2D eigenvalue weighted by atomic mass is 10.0. The minimum absolute atomic E-state index is 0.0510. The van der Waals surface area contributed by atoms with Gasteiger partial charge in [0.15, 0.2) is 0 Å². The molecule has 0 fully saturated rings. The molecule has 0 aliphatic carbocycles. The van der Waals surface area contributed by atoms with Crippen molar-refractivity contribution in [2.24, 2.45) is 0 Å². The van der Waals surface area contributed by atoms with Crippen LogP contribution in [0.1, 0.15) is 17.5 Å². The summed E-state index contributed by atoms with van der Waals surface area (Å²) < 4.78 is 0. The zero-order chi connectivity index (χ0) is 16.4. The Morgan fingerprint density at radius 3 is 2.67 bits per heavy atom. The first-order chi connectivity index (χ1) is 11.8. The van der Waals surface area contributed by atoms with E-state index in [-0.39, 0.29) is 5.91 Å². The molecular weight excluding hydrogens is 294 g/mol. The highest BCUT2D eigenvalue weighted by atomic mass is 16.2. The molecule has 2 heteroatoms. The fourth-order valence-corrected chi connectivity index (χ4v) is 3.41. The molecule has 0 aromatic heterocycles. The van der Waals surface area contributed by atoms with Crippen LogP contribution in [0, 0.1) is 0 Å². The number of rotatable bonds is 2. The van der Waals surface area contributed by atoms with Gasteiger partial charge in [0.05, 0.1) is 0 Å². The molecule has 0 radical (unpaired) electrons. The Kier molecular flexibility index (Phi) is 3.87. The van der Waals surface area contributed by atoms with Crippen molar-refractivity contribution in [3.8, 4) is 0 Å². The maximum Gasteiger partial charge on any atom is 0.250 e. The lowest BCUT2D eigenvalue weighted by Crippen LogP contribution is -2.34. The second-order valence-corrected chi connectivity index (χ2v) is 6.12. The summed E-state index contributed by atoms with van der Waals surface area (Å²) in [5, 5.41) is 2.36. The number of amides is 1. The first-order valence-corrected chi connectivity index (χ1v) is 8.38. The smallest absolute Gasteiger partial charge is 0.250 e. The average molecular weight is 313 g/mol. The molecule has 24 heavy (non-hydrogen) atoms. The van der Waals surface area contributed by atoms with Crippen LogP contribution >= 0.6 is 0 Å². The largest absolute Gasteiger partial charge is 0.309 e. The first-order valence-electron chi connectivity index (χ1n) is 8.38. The number of hydrogen-bond donors (Lipinski definition) is 0. The molecule has 0 N–H and O–H groups in total. The number of hydrogen-bond acceptors (Lipinski definition) is 1. The summed E-state index contributed by atoms with van der Waals surface area (Å²) >= 11 is 0. The van der Waals surface area contributed by atoms with Crippen LogP contribution in [0.4, 0.5) is 5.69 Å². The molecule has 4 rings (SSSR count). The predicted octanol–water partition coefficient (Wildman–Crippen LogP) is 4.83. The Morgan fingerprint density at radius 2 is 1.71 bits per heavy atom. The van der Waals surface area contributed by atoms with E-state index in [0.717, 1.165) is 30.6 Å². The first kappa shape index (κ1) is 14.7. The normalized spacial score (nSPS) is 14.1. The number of nitrogens with zero attached hydrogens (tertiary/aromatic N) is 1. The average Bonchev–Trinajstić information content (AvgIpc) is 2.65. The van der Waals surface area contributed by atoms with E-state index < -0.39 is 0 Å². The lowest BCUT2D eigenvalue weighted by molar-refractivity contribution is -0.114. The maximum atomic E-state index is 12.7. The molecule has 0 unspecified atom stereocenters. The molecule has 1 aliphatic heterocycles. The number of fused-ring (bicyclic) bond motifs is 2. The molecule has 1 amide bonds. The summed E-state index contributed by atoms with van der Waals surface area (Å²) in [7, 11) is 0. The van der Waals surface area contributed by atoms with Gasteiger partial charge >= 0.3 is 0 Å². The van der Waals surface area contributed by atoms with E-state index in [1.807, 2.05) is 47.4 Å². The highest BCUT2D eigenvalue weighted by Crippen LogP contribution is 2.27. The Morgan fingerprint density at radius 1 is 0.917 bits per heavy atom. The van der Waals surface area contributed by atoms with E-state index >= 15 is 0 Å². The summed E-state index contributed by atoms with van der Waals surface area (Å²) in [4.78, 5) is 14.6. The molecule has 1 aliphatic rings. The highest BCUT2D eigenvalue weighted by molar-refractivity contribution is 6.05. The van der Waals surface area contributed by atoms with Gasteiger partial charge in [0.2, 0.25) is 0 Å². The molecule has 0 bridgehead atoms. The topological polar surface area (TPSA) is 20.3 Å². The van der Waals surface area contributed by atoms with Crippen LogP contribution in [0.2, 0.25) is 0 Å². The van der Waals surface area contributed by atoms with E-state index in [4.69, 9.17) is 0 Å². The fraction of sp³-hybridized carbons (Fsp3) is 0.136. The molecule has 0 atom stereocenters. The van der Waals surface area contributed by atoms with Crippen molar-refractivity contribution in [1.82, 2.24) is 0 Å². The number of anilines is 1. The Labute approximate surface area is 142 Å². The third-order valence-corrected chi connectivity index (χ3v) is 4.61. The highest BCUT2D eigenvalue weighted by Gasteiger charge is 2.20. The quantitative estimate of drug-likeness (QED) is 0.620. The minimum Gasteiger partial charge on any atom is -0.309 e. The second kappa shape index (κ2) is 6.32. The van der Waals surface area contributed by atoms with Gasteiger partial charge in [-0.15, -0.1) is 0 Å².